The first-order chi connectivity index (χ1) is 11.5. The Morgan fingerprint density at radius 3 is 2.44 bits per heavy atom. The summed E-state index contributed by atoms with van der Waals surface area (Å²) < 4.78 is 43.4. The Morgan fingerprint density at radius 2 is 1.92 bits per heavy atom. The van der Waals surface area contributed by atoms with Crippen molar-refractivity contribution in [1.29, 1.82) is 0 Å². The van der Waals surface area contributed by atoms with Gasteiger partial charge in [-0.05, 0) is 37.1 Å². The van der Waals surface area contributed by atoms with Crippen molar-refractivity contribution >= 4 is 28.9 Å². The van der Waals surface area contributed by atoms with E-state index in [1.165, 1.54) is 0 Å². The largest absolute Gasteiger partial charge is 0.356 e. The van der Waals surface area contributed by atoms with Crippen LogP contribution in [0, 0.1) is 0 Å². The number of nitrogens with two attached hydrogens (primary N) is 2. The van der Waals surface area contributed by atoms with E-state index in [4.69, 9.17) is 21.3 Å². The molecule has 1 aromatic carbocycles. The molecule has 0 fully saturated rings. The maximum absolute atomic E-state index is 11.9. The Morgan fingerprint density at radius 1 is 1.28 bits per heavy atom. The molecule has 0 aliphatic heterocycles. The molecule has 1 aromatic rings. The van der Waals surface area contributed by atoms with E-state index < -0.39 is 39.9 Å². The second-order valence-electron chi connectivity index (χ2n) is 5.42. The molecule has 0 aromatic heterocycles. The van der Waals surface area contributed by atoms with Crippen LogP contribution >= 0.6 is 7.60 Å². The van der Waals surface area contributed by atoms with E-state index >= 15 is 0 Å². The molecule has 0 spiro atoms. The Bertz CT molecular complexity index is 763. The third-order valence-corrected chi connectivity index (χ3v) is 5.31. The molecule has 12 heteroatoms. The van der Waals surface area contributed by atoms with Crippen LogP contribution in [-0.4, -0.2) is 41.3 Å². The van der Waals surface area contributed by atoms with Crippen molar-refractivity contribution in [2.75, 3.05) is 6.54 Å². The fraction of sp³-hybridized carbons (Fsp3) is 0.462. The number of nitrogens with one attached hydrogen (secondary N) is 1. The number of carbonyl (C=O) groups is 1. The lowest BCUT2D eigenvalue weighted by molar-refractivity contribution is -0.122. The van der Waals surface area contributed by atoms with E-state index in [1.54, 1.807) is 0 Å². The van der Waals surface area contributed by atoms with Gasteiger partial charge >= 0.3 is 7.60 Å². The van der Waals surface area contributed by atoms with Gasteiger partial charge in [-0.25, -0.2) is 0 Å². The molecule has 10 nitrogen and oxygen atoms in total. The van der Waals surface area contributed by atoms with Crippen LogP contribution in [0.1, 0.15) is 24.8 Å². The molecular weight excluding hydrogens is 373 g/mol. The molecule has 0 bridgehead atoms. The van der Waals surface area contributed by atoms with Gasteiger partial charge in [-0.3, -0.25) is 13.9 Å². The summed E-state index contributed by atoms with van der Waals surface area (Å²) in [5.74, 6) is -0.516. The Balaban J connectivity index is 2.92. The summed E-state index contributed by atoms with van der Waals surface area (Å²) in [4.78, 5) is 29.4. The van der Waals surface area contributed by atoms with Crippen LogP contribution in [0.5, 0.6) is 0 Å². The van der Waals surface area contributed by atoms with Crippen molar-refractivity contribution in [3.63, 3.8) is 0 Å². The van der Waals surface area contributed by atoms with Crippen LogP contribution in [0.25, 0.3) is 0 Å². The van der Waals surface area contributed by atoms with Gasteiger partial charge < -0.3 is 26.6 Å². The van der Waals surface area contributed by atoms with Crippen molar-refractivity contribution in [2.45, 2.75) is 36.7 Å². The first-order valence-electron chi connectivity index (χ1n) is 7.36. The minimum absolute atomic E-state index is 0.0257. The number of rotatable bonds is 9. The van der Waals surface area contributed by atoms with Crippen molar-refractivity contribution < 1.29 is 32.1 Å². The van der Waals surface area contributed by atoms with Crippen LogP contribution in [0.4, 0.5) is 0 Å². The van der Waals surface area contributed by atoms with Crippen LogP contribution in [0.3, 0.4) is 0 Å². The van der Waals surface area contributed by atoms with E-state index in [0.717, 1.165) is 18.6 Å². The van der Waals surface area contributed by atoms with Crippen LogP contribution < -0.4 is 22.1 Å². The van der Waals surface area contributed by atoms with Gasteiger partial charge in [0.25, 0.3) is 10.1 Å². The first kappa shape index (κ1) is 21.7. The summed E-state index contributed by atoms with van der Waals surface area (Å²) in [6.45, 7) is 0.206. The predicted molar refractivity (Wildman–Crippen MR) is 90.7 cm³/mol. The number of carbonyl (C=O) groups excluding carboxylic acids is 1. The molecular formula is C13H22N3O7PS. The molecule has 142 valence electrons. The number of unbranched alkanes of at least 4 members (excludes halogenated alkanes) is 1. The normalized spacial score (nSPS) is 13.5. The standard InChI is InChI=1S/C13H22N3O7PS/c14-6-2-1-3-11(15)13(17)16-8-9-4-5-10(24(18,19)20)7-12(9)25(21,22)23/h4-5,7,11H,1-3,6,8,14-15H2,(H,16,17)(H2,18,19,20)(H,21,22,23). The van der Waals surface area contributed by atoms with E-state index in [9.17, 15) is 22.3 Å². The van der Waals surface area contributed by atoms with Crippen LogP contribution in [0.15, 0.2) is 23.1 Å². The zero-order chi connectivity index (χ0) is 19.3. The van der Waals surface area contributed by atoms with Gasteiger partial charge in [-0.2, -0.15) is 8.42 Å². The van der Waals surface area contributed by atoms with Gasteiger partial charge in [0, 0.05) is 6.54 Å². The van der Waals surface area contributed by atoms with Crippen LogP contribution in [0.2, 0.25) is 0 Å². The summed E-state index contributed by atoms with van der Waals surface area (Å²) in [6.07, 6.45) is 1.79. The Kier molecular flexibility index (Phi) is 7.69. The van der Waals surface area contributed by atoms with Gasteiger partial charge in [-0.1, -0.05) is 12.5 Å². The molecule has 25 heavy (non-hydrogen) atoms. The average molecular weight is 395 g/mol. The molecule has 0 saturated carbocycles. The minimum Gasteiger partial charge on any atom is -0.351 e. The smallest absolute Gasteiger partial charge is 0.351 e. The summed E-state index contributed by atoms with van der Waals surface area (Å²) in [6, 6.07) is 2.02. The lowest BCUT2D eigenvalue weighted by Gasteiger charge is -2.14. The predicted octanol–water partition coefficient (Wildman–Crippen LogP) is -1.19. The van der Waals surface area contributed by atoms with E-state index in [1.807, 2.05) is 0 Å². The summed E-state index contributed by atoms with van der Waals surface area (Å²) in [7, 11) is -9.44. The first-order valence-corrected chi connectivity index (χ1v) is 10.4. The van der Waals surface area contributed by atoms with E-state index in [0.29, 0.717) is 25.5 Å². The monoisotopic (exact) mass is 395 g/mol. The summed E-state index contributed by atoms with van der Waals surface area (Å²) in [5.41, 5.74) is 11.0. The minimum atomic E-state index is -4.74. The lowest BCUT2D eigenvalue weighted by atomic mass is 10.1. The number of hydrogen-bond acceptors (Lipinski definition) is 6. The fourth-order valence-corrected chi connectivity index (χ4v) is 3.46. The lowest BCUT2D eigenvalue weighted by Crippen LogP contribution is -2.40. The average Bonchev–Trinajstić information content (AvgIpc) is 2.50. The highest BCUT2D eigenvalue weighted by Gasteiger charge is 2.24. The number of hydrogen-bond donors (Lipinski definition) is 6. The molecule has 1 rings (SSSR count). The van der Waals surface area contributed by atoms with Gasteiger partial charge in [-0.15, -0.1) is 0 Å². The molecule has 1 atom stereocenters. The van der Waals surface area contributed by atoms with Crippen molar-refractivity contribution in [3.05, 3.63) is 23.8 Å². The maximum atomic E-state index is 11.9. The van der Waals surface area contributed by atoms with Gasteiger partial charge in [0.05, 0.1) is 16.2 Å². The number of benzene rings is 1. The maximum Gasteiger partial charge on any atom is 0.356 e. The molecule has 0 radical (unpaired) electrons. The molecule has 0 saturated heterocycles. The summed E-state index contributed by atoms with van der Waals surface area (Å²) >= 11 is 0. The van der Waals surface area contributed by atoms with Crippen molar-refractivity contribution in [2.24, 2.45) is 11.5 Å². The molecule has 8 N–H and O–H groups in total. The second-order valence-corrected chi connectivity index (χ2v) is 8.41. The third-order valence-electron chi connectivity index (χ3n) is 3.42. The molecule has 0 aliphatic carbocycles. The van der Waals surface area contributed by atoms with Crippen molar-refractivity contribution in [1.82, 2.24) is 5.32 Å². The Hall–Kier alpha value is -1.33. The fourth-order valence-electron chi connectivity index (χ4n) is 2.06. The Labute approximate surface area is 145 Å². The molecule has 0 heterocycles. The van der Waals surface area contributed by atoms with Crippen molar-refractivity contribution in [3.8, 4) is 0 Å². The summed E-state index contributed by atoms with van der Waals surface area (Å²) in [5, 5.41) is 1.87. The van der Waals surface area contributed by atoms with E-state index in [2.05, 4.69) is 5.32 Å². The molecule has 1 amide bonds. The third kappa shape index (κ3) is 6.83. The number of amides is 1. The molecule has 1 unspecified atom stereocenters. The molecule has 0 aliphatic rings. The highest BCUT2D eigenvalue weighted by molar-refractivity contribution is 7.86. The SMILES string of the molecule is NCCCCC(N)C(=O)NCc1ccc(P(=O)(O)O)cc1S(=O)(=O)O. The quantitative estimate of drug-likeness (QED) is 0.169. The highest BCUT2D eigenvalue weighted by Crippen LogP contribution is 2.34. The second kappa shape index (κ2) is 8.86. The van der Waals surface area contributed by atoms with Gasteiger partial charge in [0.2, 0.25) is 5.91 Å². The van der Waals surface area contributed by atoms with Gasteiger partial charge in [0.1, 0.15) is 0 Å². The zero-order valence-corrected chi connectivity index (χ0v) is 15.0. The highest BCUT2D eigenvalue weighted by atomic mass is 32.2. The van der Waals surface area contributed by atoms with E-state index in [-0.39, 0.29) is 12.1 Å². The van der Waals surface area contributed by atoms with Crippen LogP contribution in [-0.2, 0) is 26.0 Å². The zero-order valence-electron chi connectivity index (χ0n) is 13.3. The van der Waals surface area contributed by atoms with Gasteiger partial charge in [0.15, 0.2) is 0 Å². The topological polar surface area (TPSA) is 193 Å².